The van der Waals surface area contributed by atoms with Crippen LogP contribution in [0.1, 0.15) is 6.92 Å². The van der Waals surface area contributed by atoms with E-state index in [1.165, 1.54) is 0 Å². The fourth-order valence-electron chi connectivity index (χ4n) is 2.26. The molecule has 0 atom stereocenters. The summed E-state index contributed by atoms with van der Waals surface area (Å²) in [5, 5.41) is 4.12. The van der Waals surface area contributed by atoms with E-state index in [0.717, 1.165) is 32.7 Å². The molecule has 8 nitrogen and oxygen atoms in total. The second-order valence-corrected chi connectivity index (χ2v) is 4.67. The molecule has 1 fully saturated rings. The fourth-order valence-corrected chi connectivity index (χ4v) is 2.26. The number of nitrogen functional groups attached to an aromatic ring is 1. The number of rotatable bonds is 3. The topological polar surface area (TPSA) is 89.0 Å². The van der Waals surface area contributed by atoms with Crippen LogP contribution in [0, 0.1) is 0 Å². The summed E-state index contributed by atoms with van der Waals surface area (Å²) in [6, 6.07) is 1.82. The van der Waals surface area contributed by atoms with E-state index in [-0.39, 0.29) is 5.95 Å². The van der Waals surface area contributed by atoms with Gasteiger partial charge in [-0.05, 0) is 12.6 Å². The second kappa shape index (κ2) is 5.41. The molecule has 8 heteroatoms. The van der Waals surface area contributed by atoms with Gasteiger partial charge in [0.1, 0.15) is 0 Å². The molecular weight excluding hydrogens is 256 g/mol. The highest BCUT2D eigenvalue weighted by Crippen LogP contribution is 2.13. The monoisotopic (exact) mass is 274 g/mol. The molecule has 3 heterocycles. The van der Waals surface area contributed by atoms with Gasteiger partial charge in [-0.3, -0.25) is 0 Å². The molecule has 0 saturated carbocycles. The van der Waals surface area contributed by atoms with Gasteiger partial charge >= 0.3 is 0 Å². The number of nitrogens with zero attached hydrogens (tertiary/aromatic N) is 7. The first-order valence-corrected chi connectivity index (χ1v) is 6.75. The molecule has 106 valence electrons. The van der Waals surface area contributed by atoms with E-state index in [2.05, 4.69) is 36.8 Å². The lowest BCUT2D eigenvalue weighted by molar-refractivity contribution is 0.270. The quantitative estimate of drug-likeness (QED) is 0.827. The molecule has 0 bridgehead atoms. The van der Waals surface area contributed by atoms with Crippen molar-refractivity contribution in [1.29, 1.82) is 0 Å². The molecular formula is C12H18N8. The summed E-state index contributed by atoms with van der Waals surface area (Å²) in [7, 11) is 0. The molecule has 2 aromatic heterocycles. The second-order valence-electron chi connectivity index (χ2n) is 4.67. The number of hydrogen-bond acceptors (Lipinski definition) is 7. The average molecular weight is 274 g/mol. The van der Waals surface area contributed by atoms with Crippen molar-refractivity contribution in [3.63, 3.8) is 0 Å². The van der Waals surface area contributed by atoms with Gasteiger partial charge in [-0.1, -0.05) is 6.92 Å². The summed E-state index contributed by atoms with van der Waals surface area (Å²) in [4.78, 5) is 17.4. The molecule has 1 aliphatic heterocycles. The Morgan fingerprint density at radius 1 is 1.10 bits per heavy atom. The number of anilines is 2. The largest absolute Gasteiger partial charge is 0.368 e. The number of nitrogens with two attached hydrogens (primary N) is 1. The van der Waals surface area contributed by atoms with Crippen LogP contribution < -0.4 is 10.6 Å². The van der Waals surface area contributed by atoms with Gasteiger partial charge in [0.05, 0.1) is 0 Å². The summed E-state index contributed by atoms with van der Waals surface area (Å²) in [5.41, 5.74) is 5.79. The molecule has 0 aromatic carbocycles. The summed E-state index contributed by atoms with van der Waals surface area (Å²) in [5.74, 6) is 1.30. The van der Waals surface area contributed by atoms with Gasteiger partial charge in [0.15, 0.2) is 0 Å². The summed E-state index contributed by atoms with van der Waals surface area (Å²) in [6.45, 7) is 7.07. The minimum atomic E-state index is 0.221. The molecule has 0 amide bonds. The molecule has 0 spiro atoms. The summed E-state index contributed by atoms with van der Waals surface area (Å²) < 4.78 is 1.59. The maximum atomic E-state index is 5.79. The smallest absolute Gasteiger partial charge is 0.257 e. The lowest BCUT2D eigenvalue weighted by atomic mass is 10.3. The van der Waals surface area contributed by atoms with E-state index < -0.39 is 0 Å². The average Bonchev–Trinajstić information content (AvgIpc) is 3.01. The highest BCUT2D eigenvalue weighted by Gasteiger charge is 2.19. The van der Waals surface area contributed by atoms with Crippen LogP contribution in [0.4, 0.5) is 11.9 Å². The number of likely N-dealkylation sites (N-methyl/N-ethyl adjacent to an activating group) is 1. The third-order valence-corrected chi connectivity index (χ3v) is 3.44. The maximum Gasteiger partial charge on any atom is 0.257 e. The van der Waals surface area contributed by atoms with Crippen LogP contribution in [0.15, 0.2) is 18.5 Å². The zero-order valence-corrected chi connectivity index (χ0v) is 11.5. The van der Waals surface area contributed by atoms with Crippen molar-refractivity contribution in [1.82, 2.24) is 29.6 Å². The Labute approximate surface area is 117 Å². The van der Waals surface area contributed by atoms with Crippen molar-refractivity contribution >= 4 is 11.9 Å². The first-order chi connectivity index (χ1) is 9.76. The van der Waals surface area contributed by atoms with Crippen molar-refractivity contribution in [2.75, 3.05) is 43.4 Å². The zero-order chi connectivity index (χ0) is 13.9. The number of hydrogen-bond donors (Lipinski definition) is 1. The van der Waals surface area contributed by atoms with Crippen molar-refractivity contribution in [2.45, 2.75) is 6.92 Å². The van der Waals surface area contributed by atoms with Gasteiger partial charge in [0.2, 0.25) is 11.9 Å². The van der Waals surface area contributed by atoms with E-state index in [1.807, 2.05) is 6.07 Å². The summed E-state index contributed by atoms with van der Waals surface area (Å²) in [6.07, 6.45) is 3.47. The molecule has 2 N–H and O–H groups in total. The van der Waals surface area contributed by atoms with Crippen LogP contribution in [-0.2, 0) is 0 Å². The number of aromatic nitrogens is 5. The van der Waals surface area contributed by atoms with Crippen LogP contribution in [0.2, 0.25) is 0 Å². The standard InChI is InChI=1S/C12H18N8/c1-2-18-6-8-19(9-7-18)11-15-10(13)16-12(17-11)20-5-3-4-14-20/h3-5H,2,6-9H2,1H3,(H2,13,15,16,17). The first-order valence-electron chi connectivity index (χ1n) is 6.75. The number of piperazine rings is 1. The van der Waals surface area contributed by atoms with Crippen LogP contribution in [0.25, 0.3) is 5.95 Å². The predicted molar refractivity (Wildman–Crippen MR) is 75.7 cm³/mol. The van der Waals surface area contributed by atoms with Gasteiger partial charge in [0, 0.05) is 38.6 Å². The Bertz CT molecular complexity index is 559. The van der Waals surface area contributed by atoms with Gasteiger partial charge in [-0.15, -0.1) is 0 Å². The fraction of sp³-hybridized carbons (Fsp3) is 0.500. The SMILES string of the molecule is CCN1CCN(c2nc(N)nc(-n3cccn3)n2)CC1. The van der Waals surface area contributed by atoms with Crippen molar-refractivity contribution < 1.29 is 0 Å². The maximum absolute atomic E-state index is 5.79. The van der Waals surface area contributed by atoms with Crippen molar-refractivity contribution in [3.05, 3.63) is 18.5 Å². The van der Waals surface area contributed by atoms with E-state index in [0.29, 0.717) is 11.9 Å². The molecule has 0 aliphatic carbocycles. The van der Waals surface area contributed by atoms with E-state index >= 15 is 0 Å². The third-order valence-electron chi connectivity index (χ3n) is 3.44. The van der Waals surface area contributed by atoms with E-state index in [1.54, 1.807) is 17.1 Å². The molecule has 2 aromatic rings. The van der Waals surface area contributed by atoms with Crippen LogP contribution in [0.3, 0.4) is 0 Å². The first kappa shape index (κ1) is 12.8. The zero-order valence-electron chi connectivity index (χ0n) is 11.5. The molecule has 3 rings (SSSR count). The molecule has 20 heavy (non-hydrogen) atoms. The Hall–Kier alpha value is -2.22. The van der Waals surface area contributed by atoms with Gasteiger partial charge in [-0.25, -0.2) is 4.68 Å². The normalized spacial score (nSPS) is 16.6. The van der Waals surface area contributed by atoms with Crippen molar-refractivity contribution in [2.24, 2.45) is 0 Å². The van der Waals surface area contributed by atoms with Gasteiger partial charge in [0.25, 0.3) is 5.95 Å². The van der Waals surface area contributed by atoms with E-state index in [9.17, 15) is 0 Å². The molecule has 1 aliphatic rings. The minimum Gasteiger partial charge on any atom is -0.368 e. The Kier molecular flexibility index (Phi) is 3.46. The van der Waals surface area contributed by atoms with Crippen LogP contribution >= 0.6 is 0 Å². The van der Waals surface area contributed by atoms with Crippen LogP contribution in [0.5, 0.6) is 0 Å². The Balaban J connectivity index is 1.83. The highest BCUT2D eigenvalue weighted by molar-refractivity contribution is 5.38. The summed E-state index contributed by atoms with van der Waals surface area (Å²) >= 11 is 0. The van der Waals surface area contributed by atoms with Gasteiger partial charge < -0.3 is 15.5 Å². The van der Waals surface area contributed by atoms with E-state index in [4.69, 9.17) is 5.73 Å². The third kappa shape index (κ3) is 2.55. The molecule has 1 saturated heterocycles. The van der Waals surface area contributed by atoms with Crippen LogP contribution in [-0.4, -0.2) is 62.4 Å². The van der Waals surface area contributed by atoms with Crippen molar-refractivity contribution in [3.8, 4) is 5.95 Å². The Morgan fingerprint density at radius 2 is 1.85 bits per heavy atom. The lowest BCUT2D eigenvalue weighted by Crippen LogP contribution is -2.46. The highest BCUT2D eigenvalue weighted by atomic mass is 15.4. The predicted octanol–water partition coefficient (Wildman–Crippen LogP) is -0.219. The molecule has 0 unspecified atom stereocenters. The minimum absolute atomic E-state index is 0.221. The lowest BCUT2D eigenvalue weighted by Gasteiger charge is -2.33. The Morgan fingerprint density at radius 3 is 2.50 bits per heavy atom. The van der Waals surface area contributed by atoms with Gasteiger partial charge in [-0.2, -0.15) is 20.1 Å². The molecule has 0 radical (unpaired) electrons.